The summed E-state index contributed by atoms with van der Waals surface area (Å²) in [6.45, 7) is 2.99. The zero-order chi connectivity index (χ0) is 10.8. The first-order valence-corrected chi connectivity index (χ1v) is 4.97. The summed E-state index contributed by atoms with van der Waals surface area (Å²) >= 11 is 0. The highest BCUT2D eigenvalue weighted by Gasteiger charge is 2.06. The molecule has 2 aromatic rings. The molecule has 3 nitrogen and oxygen atoms in total. The van der Waals surface area contributed by atoms with Crippen LogP contribution in [0.3, 0.4) is 0 Å². The number of aryl methyl sites for hydroxylation is 1. The maximum Gasteiger partial charge on any atom is 0.120 e. The SMILES string of the molecule is CCn1cc(C=N)c2ccc(OC)cc21. The summed E-state index contributed by atoms with van der Waals surface area (Å²) in [5.74, 6) is 0.854. The summed E-state index contributed by atoms with van der Waals surface area (Å²) < 4.78 is 7.32. The van der Waals surface area contributed by atoms with Crippen molar-refractivity contribution in [2.24, 2.45) is 0 Å². The number of nitrogens with zero attached hydrogens (tertiary/aromatic N) is 1. The average Bonchev–Trinajstić information content (AvgIpc) is 2.65. The van der Waals surface area contributed by atoms with Gasteiger partial charge in [-0.05, 0) is 19.1 Å². The molecule has 1 N–H and O–H groups in total. The zero-order valence-electron chi connectivity index (χ0n) is 8.95. The first-order chi connectivity index (χ1) is 7.30. The Kier molecular flexibility index (Phi) is 2.46. The van der Waals surface area contributed by atoms with Gasteiger partial charge in [0.15, 0.2) is 0 Å². The summed E-state index contributed by atoms with van der Waals surface area (Å²) in [5, 5.41) is 8.45. The van der Waals surface area contributed by atoms with Gasteiger partial charge in [0.2, 0.25) is 0 Å². The minimum Gasteiger partial charge on any atom is -0.497 e. The zero-order valence-corrected chi connectivity index (χ0v) is 8.95. The van der Waals surface area contributed by atoms with Gasteiger partial charge < -0.3 is 14.7 Å². The maximum atomic E-state index is 7.34. The van der Waals surface area contributed by atoms with E-state index in [9.17, 15) is 0 Å². The predicted molar refractivity (Wildman–Crippen MR) is 62.0 cm³/mol. The monoisotopic (exact) mass is 202 g/mol. The summed E-state index contributed by atoms with van der Waals surface area (Å²) in [4.78, 5) is 0. The van der Waals surface area contributed by atoms with E-state index in [1.807, 2.05) is 24.4 Å². The Hall–Kier alpha value is -1.77. The van der Waals surface area contributed by atoms with Gasteiger partial charge >= 0.3 is 0 Å². The van der Waals surface area contributed by atoms with Crippen molar-refractivity contribution in [2.45, 2.75) is 13.5 Å². The van der Waals surface area contributed by atoms with Gasteiger partial charge in [0, 0.05) is 36.0 Å². The van der Waals surface area contributed by atoms with E-state index in [0.717, 1.165) is 28.8 Å². The molecule has 1 aromatic heterocycles. The van der Waals surface area contributed by atoms with Gasteiger partial charge in [0.25, 0.3) is 0 Å². The van der Waals surface area contributed by atoms with Crippen molar-refractivity contribution in [2.75, 3.05) is 7.11 Å². The third kappa shape index (κ3) is 1.50. The van der Waals surface area contributed by atoms with Crippen LogP contribution in [0, 0.1) is 5.41 Å². The molecule has 0 atom stereocenters. The van der Waals surface area contributed by atoms with Gasteiger partial charge in [0.1, 0.15) is 5.75 Å². The normalized spacial score (nSPS) is 10.5. The number of hydrogen-bond donors (Lipinski definition) is 1. The van der Waals surface area contributed by atoms with Crippen LogP contribution in [0.1, 0.15) is 12.5 Å². The molecule has 0 aliphatic heterocycles. The molecule has 0 saturated carbocycles. The molecule has 0 aliphatic rings. The van der Waals surface area contributed by atoms with Crippen LogP contribution >= 0.6 is 0 Å². The number of aromatic nitrogens is 1. The molecule has 0 spiro atoms. The Balaban J connectivity index is 2.73. The van der Waals surface area contributed by atoms with Crippen LogP contribution in [0.5, 0.6) is 5.75 Å². The molecule has 0 unspecified atom stereocenters. The van der Waals surface area contributed by atoms with E-state index in [1.54, 1.807) is 7.11 Å². The van der Waals surface area contributed by atoms with Gasteiger partial charge in [-0.1, -0.05) is 0 Å². The van der Waals surface area contributed by atoms with E-state index in [4.69, 9.17) is 10.1 Å². The lowest BCUT2D eigenvalue weighted by Gasteiger charge is -2.02. The first kappa shape index (κ1) is 9.77. The van der Waals surface area contributed by atoms with E-state index in [2.05, 4.69) is 11.5 Å². The van der Waals surface area contributed by atoms with Crippen molar-refractivity contribution in [1.29, 1.82) is 5.41 Å². The molecule has 1 aromatic carbocycles. The molecule has 2 rings (SSSR count). The topological polar surface area (TPSA) is 38.0 Å². The molecule has 0 bridgehead atoms. The Bertz CT molecular complexity index is 500. The summed E-state index contributed by atoms with van der Waals surface area (Å²) in [6, 6.07) is 5.93. The van der Waals surface area contributed by atoms with Gasteiger partial charge in [-0.25, -0.2) is 0 Å². The second-order valence-corrected chi connectivity index (χ2v) is 3.40. The number of ether oxygens (including phenoxy) is 1. The third-order valence-corrected chi connectivity index (χ3v) is 2.62. The van der Waals surface area contributed by atoms with Crippen LogP contribution in [0.2, 0.25) is 0 Å². The highest BCUT2D eigenvalue weighted by molar-refractivity contribution is 5.98. The number of rotatable bonds is 3. The van der Waals surface area contributed by atoms with E-state index in [-0.39, 0.29) is 0 Å². The van der Waals surface area contributed by atoms with Crippen LogP contribution in [-0.2, 0) is 6.54 Å². The van der Waals surface area contributed by atoms with Gasteiger partial charge in [-0.15, -0.1) is 0 Å². The number of methoxy groups -OCH3 is 1. The van der Waals surface area contributed by atoms with Crippen molar-refractivity contribution >= 4 is 17.1 Å². The fourth-order valence-electron chi connectivity index (χ4n) is 1.80. The fourth-order valence-corrected chi connectivity index (χ4v) is 1.80. The number of fused-ring (bicyclic) bond motifs is 1. The molecule has 0 saturated heterocycles. The molecule has 0 fully saturated rings. The van der Waals surface area contributed by atoms with Crippen molar-refractivity contribution in [3.05, 3.63) is 30.0 Å². The smallest absolute Gasteiger partial charge is 0.120 e. The van der Waals surface area contributed by atoms with E-state index < -0.39 is 0 Å². The maximum absolute atomic E-state index is 7.34. The van der Waals surface area contributed by atoms with Crippen LogP contribution in [0.4, 0.5) is 0 Å². The third-order valence-electron chi connectivity index (χ3n) is 2.62. The molecule has 15 heavy (non-hydrogen) atoms. The van der Waals surface area contributed by atoms with Gasteiger partial charge in [0.05, 0.1) is 12.6 Å². The lowest BCUT2D eigenvalue weighted by molar-refractivity contribution is 0.415. The van der Waals surface area contributed by atoms with Crippen molar-refractivity contribution < 1.29 is 4.74 Å². The van der Waals surface area contributed by atoms with Gasteiger partial charge in [-0.2, -0.15) is 0 Å². The second kappa shape index (κ2) is 3.77. The van der Waals surface area contributed by atoms with Crippen molar-refractivity contribution in [3.8, 4) is 5.75 Å². The molecule has 0 amide bonds. The quantitative estimate of drug-likeness (QED) is 0.763. The number of nitrogens with one attached hydrogen (secondary N) is 1. The Morgan fingerprint density at radius 3 is 2.87 bits per heavy atom. The minimum absolute atomic E-state index is 0.854. The number of benzene rings is 1. The van der Waals surface area contributed by atoms with Crippen LogP contribution in [0.25, 0.3) is 10.9 Å². The lowest BCUT2D eigenvalue weighted by Crippen LogP contribution is -1.91. The standard InChI is InChI=1S/C12H14N2O/c1-3-14-8-9(7-13)11-5-4-10(15-2)6-12(11)14/h4-8,13H,3H2,1-2H3. The molecule has 1 heterocycles. The van der Waals surface area contributed by atoms with E-state index in [1.165, 1.54) is 6.21 Å². The Morgan fingerprint density at radius 1 is 1.47 bits per heavy atom. The molecular weight excluding hydrogens is 188 g/mol. The van der Waals surface area contributed by atoms with Crippen LogP contribution in [0.15, 0.2) is 24.4 Å². The van der Waals surface area contributed by atoms with E-state index >= 15 is 0 Å². The Morgan fingerprint density at radius 2 is 2.27 bits per heavy atom. The van der Waals surface area contributed by atoms with Crippen LogP contribution in [-0.4, -0.2) is 17.9 Å². The van der Waals surface area contributed by atoms with E-state index in [0.29, 0.717) is 0 Å². The lowest BCUT2D eigenvalue weighted by atomic mass is 10.2. The first-order valence-electron chi connectivity index (χ1n) is 4.97. The summed E-state index contributed by atoms with van der Waals surface area (Å²) in [7, 11) is 1.66. The predicted octanol–water partition coefficient (Wildman–Crippen LogP) is 2.67. The van der Waals surface area contributed by atoms with Gasteiger partial charge in [-0.3, -0.25) is 0 Å². The van der Waals surface area contributed by atoms with Crippen molar-refractivity contribution in [1.82, 2.24) is 4.57 Å². The molecule has 78 valence electrons. The van der Waals surface area contributed by atoms with Crippen LogP contribution < -0.4 is 4.74 Å². The molecule has 0 radical (unpaired) electrons. The number of hydrogen-bond acceptors (Lipinski definition) is 2. The Labute approximate surface area is 88.8 Å². The average molecular weight is 202 g/mol. The second-order valence-electron chi connectivity index (χ2n) is 3.40. The highest BCUT2D eigenvalue weighted by atomic mass is 16.5. The minimum atomic E-state index is 0.854. The molecular formula is C12H14N2O. The summed E-state index contributed by atoms with van der Waals surface area (Å²) in [6.07, 6.45) is 3.39. The largest absolute Gasteiger partial charge is 0.497 e. The van der Waals surface area contributed by atoms with Crippen molar-refractivity contribution in [3.63, 3.8) is 0 Å². The highest BCUT2D eigenvalue weighted by Crippen LogP contribution is 2.24. The molecule has 3 heteroatoms. The summed E-state index contributed by atoms with van der Waals surface area (Å²) in [5.41, 5.74) is 2.07. The molecule has 0 aliphatic carbocycles. The fraction of sp³-hybridized carbons (Fsp3) is 0.250.